The van der Waals surface area contributed by atoms with Crippen molar-refractivity contribution in [1.82, 2.24) is 15.1 Å². The van der Waals surface area contributed by atoms with Crippen LogP contribution in [0.3, 0.4) is 0 Å². The summed E-state index contributed by atoms with van der Waals surface area (Å²) in [4.78, 5) is 25.4. The lowest BCUT2D eigenvalue weighted by Gasteiger charge is -2.36. The smallest absolute Gasteiger partial charge is 0.341 e. The number of hydrogen-bond acceptors (Lipinski definition) is 4. The fourth-order valence-electron chi connectivity index (χ4n) is 2.85. The Labute approximate surface area is 117 Å². The third-order valence-electron chi connectivity index (χ3n) is 3.73. The molecule has 1 fully saturated rings. The summed E-state index contributed by atoms with van der Waals surface area (Å²) < 4.78 is 1.56. The quantitative estimate of drug-likeness (QED) is 0.843. The molecule has 1 aliphatic rings. The molecule has 1 amide bonds. The number of carboxylic acid groups (broad SMARTS) is 1. The van der Waals surface area contributed by atoms with Crippen LogP contribution in [0.4, 0.5) is 5.82 Å². The minimum absolute atomic E-state index is 0.0834. The highest BCUT2D eigenvalue weighted by atomic mass is 16.4. The Kier molecular flexibility index (Phi) is 3.96. The number of aryl methyl sites for hydroxylation is 2. The molecule has 2 heterocycles. The van der Waals surface area contributed by atoms with Crippen molar-refractivity contribution in [3.8, 4) is 0 Å². The lowest BCUT2D eigenvalue weighted by atomic mass is 10.0. The average molecular weight is 280 g/mol. The Hall–Kier alpha value is -2.05. The Morgan fingerprint density at radius 3 is 2.70 bits per heavy atom. The van der Waals surface area contributed by atoms with Gasteiger partial charge in [0, 0.05) is 20.6 Å². The van der Waals surface area contributed by atoms with Gasteiger partial charge in [-0.25, -0.2) is 4.79 Å². The number of carboxylic acids is 1. The molecule has 1 saturated heterocycles. The first kappa shape index (κ1) is 14.4. The lowest BCUT2D eigenvalue weighted by molar-refractivity contribution is -0.122. The first-order valence-electron chi connectivity index (χ1n) is 6.72. The monoisotopic (exact) mass is 280 g/mol. The van der Waals surface area contributed by atoms with E-state index in [1.165, 1.54) is 0 Å². The number of piperidine rings is 1. The maximum atomic E-state index is 12.0. The van der Waals surface area contributed by atoms with Crippen LogP contribution in [-0.4, -0.2) is 46.4 Å². The zero-order valence-electron chi connectivity index (χ0n) is 12.0. The molecule has 2 rings (SSSR count). The standard InChI is InChI=1S/C13H20N4O3/c1-8-10(13(19)20)12(16(3)15-8)17-7-5-4-6-9(17)11(18)14-2/h9H,4-7H2,1-3H3,(H,14,18)(H,19,20). The number of nitrogens with one attached hydrogen (secondary N) is 1. The minimum Gasteiger partial charge on any atom is -0.477 e. The molecule has 20 heavy (non-hydrogen) atoms. The third-order valence-corrected chi connectivity index (χ3v) is 3.73. The van der Waals surface area contributed by atoms with E-state index in [1.807, 2.05) is 4.90 Å². The van der Waals surface area contributed by atoms with Crippen molar-refractivity contribution < 1.29 is 14.7 Å². The molecule has 0 bridgehead atoms. The van der Waals surface area contributed by atoms with Crippen LogP contribution < -0.4 is 10.2 Å². The van der Waals surface area contributed by atoms with Crippen molar-refractivity contribution in [2.75, 3.05) is 18.5 Å². The van der Waals surface area contributed by atoms with Crippen LogP contribution in [0, 0.1) is 6.92 Å². The maximum Gasteiger partial charge on any atom is 0.341 e. The molecule has 0 saturated carbocycles. The number of amides is 1. The van der Waals surface area contributed by atoms with Gasteiger partial charge in [-0.15, -0.1) is 0 Å². The van der Waals surface area contributed by atoms with E-state index in [4.69, 9.17) is 0 Å². The highest BCUT2D eigenvalue weighted by Crippen LogP contribution is 2.29. The van der Waals surface area contributed by atoms with Gasteiger partial charge in [0.25, 0.3) is 0 Å². The SMILES string of the molecule is CNC(=O)C1CCCCN1c1c(C(=O)O)c(C)nn1C. The van der Waals surface area contributed by atoms with Crippen molar-refractivity contribution in [1.29, 1.82) is 0 Å². The van der Waals surface area contributed by atoms with Gasteiger partial charge in [-0.3, -0.25) is 9.48 Å². The van der Waals surface area contributed by atoms with Gasteiger partial charge in [0.05, 0.1) is 5.69 Å². The minimum atomic E-state index is -1.01. The Balaban J connectivity index is 2.47. The van der Waals surface area contributed by atoms with Gasteiger partial charge < -0.3 is 15.3 Å². The van der Waals surface area contributed by atoms with E-state index < -0.39 is 5.97 Å². The average Bonchev–Trinajstić information content (AvgIpc) is 2.72. The molecule has 2 N–H and O–H groups in total. The van der Waals surface area contributed by atoms with E-state index in [1.54, 1.807) is 25.7 Å². The number of aromatic nitrogens is 2. The van der Waals surface area contributed by atoms with Crippen LogP contribution >= 0.6 is 0 Å². The third kappa shape index (κ3) is 2.35. The van der Waals surface area contributed by atoms with Gasteiger partial charge in [0.15, 0.2) is 0 Å². The second-order valence-electron chi connectivity index (χ2n) is 5.03. The summed E-state index contributed by atoms with van der Waals surface area (Å²) in [6.45, 7) is 2.34. The molecule has 0 aliphatic carbocycles. The van der Waals surface area contributed by atoms with E-state index in [0.29, 0.717) is 18.1 Å². The molecule has 1 atom stereocenters. The van der Waals surface area contributed by atoms with E-state index in [-0.39, 0.29) is 17.5 Å². The number of carbonyl (C=O) groups is 2. The zero-order chi connectivity index (χ0) is 14.9. The highest BCUT2D eigenvalue weighted by Gasteiger charge is 2.33. The van der Waals surface area contributed by atoms with Gasteiger partial charge in [-0.2, -0.15) is 5.10 Å². The lowest BCUT2D eigenvalue weighted by Crippen LogP contribution is -2.50. The van der Waals surface area contributed by atoms with E-state index >= 15 is 0 Å². The van der Waals surface area contributed by atoms with Gasteiger partial charge in [-0.1, -0.05) is 0 Å². The van der Waals surface area contributed by atoms with E-state index in [0.717, 1.165) is 19.3 Å². The van der Waals surface area contributed by atoms with Crippen LogP contribution in [0.25, 0.3) is 0 Å². The van der Waals surface area contributed by atoms with Gasteiger partial charge in [-0.05, 0) is 26.2 Å². The Bertz CT molecular complexity index is 538. The molecule has 1 unspecified atom stereocenters. The molecule has 1 aromatic rings. The van der Waals surface area contributed by atoms with Gasteiger partial charge in [0.2, 0.25) is 5.91 Å². The molecule has 0 spiro atoms. The van der Waals surface area contributed by atoms with E-state index in [9.17, 15) is 14.7 Å². The summed E-state index contributed by atoms with van der Waals surface area (Å²) in [5.74, 6) is -0.574. The highest BCUT2D eigenvalue weighted by molar-refractivity contribution is 5.96. The summed E-state index contributed by atoms with van der Waals surface area (Å²) in [5.41, 5.74) is 0.652. The number of nitrogens with zero attached hydrogens (tertiary/aromatic N) is 3. The van der Waals surface area contributed by atoms with Crippen LogP contribution in [0.15, 0.2) is 0 Å². The first-order chi connectivity index (χ1) is 9.47. The molecule has 7 heteroatoms. The zero-order valence-corrected chi connectivity index (χ0v) is 12.0. The maximum absolute atomic E-state index is 12.0. The van der Waals surface area contributed by atoms with Gasteiger partial charge in [0.1, 0.15) is 17.4 Å². The Morgan fingerprint density at radius 1 is 1.40 bits per heavy atom. The first-order valence-corrected chi connectivity index (χ1v) is 6.72. The number of likely N-dealkylation sites (N-methyl/N-ethyl adjacent to an activating group) is 1. The summed E-state index contributed by atoms with van der Waals surface area (Å²) in [6.07, 6.45) is 2.63. The van der Waals surface area contributed by atoms with Crippen molar-refractivity contribution in [3.05, 3.63) is 11.3 Å². The Morgan fingerprint density at radius 2 is 2.10 bits per heavy atom. The number of aromatic carboxylic acids is 1. The predicted molar refractivity (Wildman–Crippen MR) is 74.0 cm³/mol. The molecule has 0 radical (unpaired) electrons. The number of carbonyl (C=O) groups excluding carboxylic acids is 1. The number of hydrogen-bond donors (Lipinski definition) is 2. The summed E-state index contributed by atoms with van der Waals surface area (Å²) in [6, 6.07) is -0.332. The largest absolute Gasteiger partial charge is 0.477 e. The van der Waals surface area contributed by atoms with E-state index in [2.05, 4.69) is 10.4 Å². The fraction of sp³-hybridized carbons (Fsp3) is 0.615. The second kappa shape index (κ2) is 5.52. The van der Waals surface area contributed by atoms with Crippen LogP contribution in [0.5, 0.6) is 0 Å². The van der Waals surface area contributed by atoms with Crippen molar-refractivity contribution >= 4 is 17.7 Å². The summed E-state index contributed by atoms with van der Waals surface area (Å²) >= 11 is 0. The number of anilines is 1. The molecule has 7 nitrogen and oxygen atoms in total. The van der Waals surface area contributed by atoms with Crippen molar-refractivity contribution in [2.45, 2.75) is 32.2 Å². The molecular formula is C13H20N4O3. The van der Waals surface area contributed by atoms with Crippen LogP contribution in [0.2, 0.25) is 0 Å². The van der Waals surface area contributed by atoms with Gasteiger partial charge >= 0.3 is 5.97 Å². The molecule has 1 aromatic heterocycles. The van der Waals surface area contributed by atoms with Crippen molar-refractivity contribution in [2.24, 2.45) is 7.05 Å². The predicted octanol–water partition coefficient (Wildman–Crippen LogP) is 0.532. The summed E-state index contributed by atoms with van der Waals surface area (Å²) in [7, 11) is 3.31. The summed E-state index contributed by atoms with van der Waals surface area (Å²) in [5, 5.41) is 16.2. The second-order valence-corrected chi connectivity index (χ2v) is 5.03. The molecule has 0 aromatic carbocycles. The topological polar surface area (TPSA) is 87.5 Å². The fourth-order valence-corrected chi connectivity index (χ4v) is 2.85. The normalized spacial score (nSPS) is 18.9. The van der Waals surface area contributed by atoms with Crippen LogP contribution in [-0.2, 0) is 11.8 Å². The number of rotatable bonds is 3. The molecular weight excluding hydrogens is 260 g/mol. The van der Waals surface area contributed by atoms with Crippen molar-refractivity contribution in [3.63, 3.8) is 0 Å². The van der Waals surface area contributed by atoms with Crippen LogP contribution in [0.1, 0.15) is 35.3 Å². The molecule has 110 valence electrons. The molecule has 1 aliphatic heterocycles.